The molecule has 1 aliphatic heterocycles. The SMILES string of the molecule is COCCC1CCC2(CC1)Cc1ccccc1NC2=NCc1cccc(C)c1. The van der Waals surface area contributed by atoms with Crippen LogP contribution in [-0.2, 0) is 17.7 Å². The summed E-state index contributed by atoms with van der Waals surface area (Å²) in [7, 11) is 1.81. The number of para-hydroxylation sites is 1. The van der Waals surface area contributed by atoms with Crippen molar-refractivity contribution in [2.45, 2.75) is 52.0 Å². The molecule has 0 unspecified atom stereocenters. The zero-order valence-corrected chi connectivity index (χ0v) is 17.2. The fraction of sp³-hybridized carbons (Fsp3) is 0.480. The Kier molecular flexibility index (Phi) is 5.82. The number of hydrogen-bond acceptors (Lipinski definition) is 2. The molecule has 0 radical (unpaired) electrons. The lowest BCUT2D eigenvalue weighted by Crippen LogP contribution is -2.44. The molecular weight excluding hydrogens is 344 g/mol. The highest BCUT2D eigenvalue weighted by Gasteiger charge is 2.42. The first-order valence-electron chi connectivity index (χ1n) is 10.6. The van der Waals surface area contributed by atoms with Gasteiger partial charge in [0.1, 0.15) is 5.84 Å². The number of anilines is 1. The first-order chi connectivity index (χ1) is 13.7. The molecule has 2 aromatic rings. The molecule has 28 heavy (non-hydrogen) atoms. The molecule has 0 amide bonds. The minimum Gasteiger partial charge on any atom is -0.385 e. The number of aryl methyl sites for hydroxylation is 1. The Labute approximate surface area is 169 Å². The van der Waals surface area contributed by atoms with Crippen molar-refractivity contribution in [2.75, 3.05) is 19.0 Å². The molecule has 4 rings (SSSR count). The summed E-state index contributed by atoms with van der Waals surface area (Å²) in [5.41, 5.74) is 5.43. The van der Waals surface area contributed by atoms with E-state index in [0.717, 1.165) is 25.5 Å². The Morgan fingerprint density at radius 2 is 1.93 bits per heavy atom. The number of fused-ring (bicyclic) bond motifs is 1. The largest absolute Gasteiger partial charge is 0.385 e. The van der Waals surface area contributed by atoms with Gasteiger partial charge in [0.05, 0.1) is 6.54 Å². The normalized spacial score (nSPS) is 25.5. The van der Waals surface area contributed by atoms with Gasteiger partial charge in [0, 0.05) is 24.8 Å². The van der Waals surface area contributed by atoms with Gasteiger partial charge in [-0.05, 0) is 68.6 Å². The average molecular weight is 377 g/mol. The van der Waals surface area contributed by atoms with Crippen LogP contribution in [0.3, 0.4) is 0 Å². The van der Waals surface area contributed by atoms with Gasteiger partial charge in [0.15, 0.2) is 0 Å². The van der Waals surface area contributed by atoms with E-state index in [4.69, 9.17) is 9.73 Å². The highest BCUT2D eigenvalue weighted by molar-refractivity contribution is 6.02. The van der Waals surface area contributed by atoms with Gasteiger partial charge in [-0.25, -0.2) is 0 Å². The second-order valence-electron chi connectivity index (χ2n) is 8.62. The number of nitrogens with zero attached hydrogens (tertiary/aromatic N) is 1. The maximum Gasteiger partial charge on any atom is 0.108 e. The molecule has 0 saturated heterocycles. The third-order valence-corrected chi connectivity index (χ3v) is 6.60. The minimum atomic E-state index is 0.168. The lowest BCUT2D eigenvalue weighted by atomic mass is 9.64. The number of benzene rings is 2. The third kappa shape index (κ3) is 4.15. The number of hydrogen-bond donors (Lipinski definition) is 1. The van der Waals surface area contributed by atoms with E-state index in [2.05, 4.69) is 60.8 Å². The van der Waals surface area contributed by atoms with Gasteiger partial charge in [-0.2, -0.15) is 0 Å². The predicted molar refractivity (Wildman–Crippen MR) is 117 cm³/mol. The Balaban J connectivity index is 1.57. The summed E-state index contributed by atoms with van der Waals surface area (Å²) in [6.45, 7) is 3.78. The van der Waals surface area contributed by atoms with Crippen molar-refractivity contribution in [3.05, 3.63) is 65.2 Å². The quantitative estimate of drug-likeness (QED) is 0.718. The summed E-state index contributed by atoms with van der Waals surface area (Å²) < 4.78 is 5.31. The molecule has 0 aromatic heterocycles. The Morgan fingerprint density at radius 1 is 1.11 bits per heavy atom. The third-order valence-electron chi connectivity index (χ3n) is 6.60. The van der Waals surface area contributed by atoms with Crippen molar-refractivity contribution in [2.24, 2.45) is 16.3 Å². The van der Waals surface area contributed by atoms with Gasteiger partial charge >= 0.3 is 0 Å². The molecule has 0 atom stereocenters. The van der Waals surface area contributed by atoms with Gasteiger partial charge in [0.25, 0.3) is 0 Å². The summed E-state index contributed by atoms with van der Waals surface area (Å²) in [6, 6.07) is 17.4. The van der Waals surface area contributed by atoms with Gasteiger partial charge in [-0.15, -0.1) is 0 Å². The summed E-state index contributed by atoms with van der Waals surface area (Å²) >= 11 is 0. The first kappa shape index (κ1) is 19.2. The minimum absolute atomic E-state index is 0.168. The maximum atomic E-state index is 5.31. The molecule has 1 N–H and O–H groups in total. The zero-order chi connectivity index (χ0) is 19.4. The lowest BCUT2D eigenvalue weighted by Gasteiger charge is -2.44. The van der Waals surface area contributed by atoms with Crippen LogP contribution in [0.5, 0.6) is 0 Å². The van der Waals surface area contributed by atoms with Crippen LogP contribution in [0.4, 0.5) is 5.69 Å². The fourth-order valence-electron chi connectivity index (χ4n) is 4.91. The zero-order valence-electron chi connectivity index (χ0n) is 17.2. The Morgan fingerprint density at radius 3 is 2.71 bits per heavy atom. The molecule has 2 aromatic carbocycles. The van der Waals surface area contributed by atoms with Crippen molar-refractivity contribution >= 4 is 11.5 Å². The lowest BCUT2D eigenvalue weighted by molar-refractivity contribution is 0.145. The van der Waals surface area contributed by atoms with E-state index in [0.29, 0.717) is 0 Å². The number of amidine groups is 1. The van der Waals surface area contributed by atoms with Crippen LogP contribution in [0.1, 0.15) is 48.8 Å². The van der Waals surface area contributed by atoms with Crippen LogP contribution >= 0.6 is 0 Å². The van der Waals surface area contributed by atoms with E-state index >= 15 is 0 Å². The molecule has 3 nitrogen and oxygen atoms in total. The van der Waals surface area contributed by atoms with Gasteiger partial charge in [-0.1, -0.05) is 48.0 Å². The Bertz CT molecular complexity index is 834. The van der Waals surface area contributed by atoms with Crippen molar-refractivity contribution in [3.8, 4) is 0 Å². The second-order valence-corrected chi connectivity index (χ2v) is 8.62. The molecule has 1 fully saturated rings. The van der Waals surface area contributed by atoms with Crippen LogP contribution in [0.2, 0.25) is 0 Å². The van der Waals surface area contributed by atoms with Gasteiger partial charge < -0.3 is 10.1 Å². The van der Waals surface area contributed by atoms with Gasteiger partial charge in [-0.3, -0.25) is 4.99 Å². The van der Waals surface area contributed by atoms with Crippen LogP contribution in [0.15, 0.2) is 53.5 Å². The molecule has 1 saturated carbocycles. The highest BCUT2D eigenvalue weighted by atomic mass is 16.5. The summed E-state index contributed by atoms with van der Waals surface area (Å²) in [5.74, 6) is 2.00. The molecule has 1 spiro atoms. The maximum absolute atomic E-state index is 5.31. The number of rotatable bonds is 5. The van der Waals surface area contributed by atoms with E-state index in [1.165, 1.54) is 60.3 Å². The van der Waals surface area contributed by atoms with E-state index < -0.39 is 0 Å². The molecule has 0 bridgehead atoms. The smallest absolute Gasteiger partial charge is 0.108 e. The fourth-order valence-corrected chi connectivity index (χ4v) is 4.91. The number of methoxy groups -OCH3 is 1. The van der Waals surface area contributed by atoms with E-state index in [1.807, 2.05) is 7.11 Å². The predicted octanol–water partition coefficient (Wildman–Crippen LogP) is 5.77. The van der Waals surface area contributed by atoms with E-state index in [-0.39, 0.29) is 5.41 Å². The first-order valence-corrected chi connectivity index (χ1v) is 10.6. The number of ether oxygens (including phenoxy) is 1. The molecule has 3 heteroatoms. The van der Waals surface area contributed by atoms with Crippen LogP contribution in [-0.4, -0.2) is 19.6 Å². The van der Waals surface area contributed by atoms with Gasteiger partial charge in [0.2, 0.25) is 0 Å². The molecule has 2 aliphatic rings. The van der Waals surface area contributed by atoms with Crippen LogP contribution < -0.4 is 5.32 Å². The van der Waals surface area contributed by atoms with Crippen molar-refractivity contribution in [3.63, 3.8) is 0 Å². The van der Waals surface area contributed by atoms with E-state index in [1.54, 1.807) is 0 Å². The second kappa shape index (κ2) is 8.48. The number of nitrogens with one attached hydrogen (secondary N) is 1. The van der Waals surface area contributed by atoms with Crippen molar-refractivity contribution in [1.82, 2.24) is 0 Å². The van der Waals surface area contributed by atoms with Crippen molar-refractivity contribution in [1.29, 1.82) is 0 Å². The molecule has 1 heterocycles. The summed E-state index contributed by atoms with van der Waals surface area (Å²) in [4.78, 5) is 5.14. The average Bonchev–Trinajstić information content (AvgIpc) is 2.72. The molecular formula is C25H32N2O. The standard InChI is InChI=1S/C25H32N2O/c1-19-6-5-7-21(16-19)18-26-24-25(13-10-20(11-14-25)12-15-28-2)17-22-8-3-4-9-23(22)27-24/h3-9,16,20H,10-15,17-18H2,1-2H3,(H,26,27). The van der Waals surface area contributed by atoms with Crippen LogP contribution in [0, 0.1) is 18.3 Å². The van der Waals surface area contributed by atoms with Crippen LogP contribution in [0.25, 0.3) is 0 Å². The Hall–Kier alpha value is -2.13. The van der Waals surface area contributed by atoms with Crippen molar-refractivity contribution < 1.29 is 4.74 Å². The molecule has 1 aliphatic carbocycles. The topological polar surface area (TPSA) is 33.6 Å². The number of aliphatic imine (C=N–C) groups is 1. The highest BCUT2D eigenvalue weighted by Crippen LogP contribution is 2.47. The van der Waals surface area contributed by atoms with E-state index in [9.17, 15) is 0 Å². The molecule has 148 valence electrons. The summed E-state index contributed by atoms with van der Waals surface area (Å²) in [6.07, 6.45) is 7.28. The monoisotopic (exact) mass is 376 g/mol. The summed E-state index contributed by atoms with van der Waals surface area (Å²) in [5, 5.41) is 3.73.